The minimum Gasteiger partial charge on any atom is -0.319 e. The highest BCUT2D eigenvalue weighted by atomic mass is 14.8. The van der Waals surface area contributed by atoms with E-state index in [1.807, 2.05) is 48.5 Å². The molecule has 0 spiro atoms. The van der Waals surface area contributed by atoms with Crippen LogP contribution < -0.4 is 5.73 Å². The van der Waals surface area contributed by atoms with Gasteiger partial charge < -0.3 is 5.73 Å². The Morgan fingerprint density at radius 3 is 2.23 bits per heavy atom. The largest absolute Gasteiger partial charge is 0.319 e. The van der Waals surface area contributed by atoms with Crippen molar-refractivity contribution in [1.82, 2.24) is 4.98 Å². The van der Waals surface area contributed by atoms with E-state index in [-0.39, 0.29) is 6.04 Å². The van der Waals surface area contributed by atoms with E-state index >= 15 is 0 Å². The Hall–Kier alpha value is -2.71. The van der Waals surface area contributed by atoms with Crippen LogP contribution in [0.25, 0.3) is 21.7 Å². The lowest BCUT2D eigenvalue weighted by Crippen LogP contribution is -2.13. The lowest BCUT2D eigenvalue weighted by atomic mass is 10.0. The molecule has 0 aliphatic heterocycles. The number of hydrogen-bond donors (Lipinski definition) is 1. The van der Waals surface area contributed by atoms with Crippen LogP contribution in [0.3, 0.4) is 0 Å². The molecule has 0 saturated carbocycles. The van der Waals surface area contributed by atoms with Crippen molar-refractivity contribution in [2.45, 2.75) is 6.04 Å². The van der Waals surface area contributed by atoms with Crippen LogP contribution in [0, 0.1) is 0 Å². The lowest BCUT2D eigenvalue weighted by Gasteiger charge is -2.13. The molecule has 0 fully saturated rings. The molecular formula is C20H16N2. The first-order chi connectivity index (χ1) is 10.8. The van der Waals surface area contributed by atoms with E-state index in [9.17, 15) is 0 Å². The molecule has 1 aromatic heterocycles. The van der Waals surface area contributed by atoms with Crippen molar-refractivity contribution in [3.8, 4) is 0 Å². The molecule has 4 rings (SSSR count). The monoisotopic (exact) mass is 284 g/mol. The fourth-order valence-corrected chi connectivity index (χ4v) is 2.88. The van der Waals surface area contributed by atoms with Crippen molar-refractivity contribution in [3.63, 3.8) is 0 Å². The molecule has 1 heterocycles. The van der Waals surface area contributed by atoms with Crippen LogP contribution >= 0.6 is 0 Å². The number of benzene rings is 3. The highest BCUT2D eigenvalue weighted by molar-refractivity contribution is 6.05. The lowest BCUT2D eigenvalue weighted by molar-refractivity contribution is 0.836. The first kappa shape index (κ1) is 13.0. The van der Waals surface area contributed by atoms with Gasteiger partial charge in [-0.3, -0.25) is 4.98 Å². The van der Waals surface area contributed by atoms with Crippen molar-refractivity contribution in [3.05, 3.63) is 90.1 Å². The van der Waals surface area contributed by atoms with Gasteiger partial charge in [0, 0.05) is 10.8 Å². The zero-order valence-electron chi connectivity index (χ0n) is 12.1. The molecule has 0 bridgehead atoms. The standard InChI is InChI=1S/C20H16N2/c21-19(15-7-2-1-3-8-15)18-13-12-16-11-10-14-6-4-5-9-17(14)20(16)22-18/h1-13,19H,21H2. The quantitative estimate of drug-likeness (QED) is 0.553. The highest BCUT2D eigenvalue weighted by Gasteiger charge is 2.11. The third kappa shape index (κ3) is 2.14. The van der Waals surface area contributed by atoms with E-state index in [4.69, 9.17) is 10.7 Å². The summed E-state index contributed by atoms with van der Waals surface area (Å²) in [6, 6.07) is 26.6. The summed E-state index contributed by atoms with van der Waals surface area (Å²) >= 11 is 0. The topological polar surface area (TPSA) is 38.9 Å². The Bertz CT molecular complexity index is 945. The molecule has 2 nitrogen and oxygen atoms in total. The molecule has 0 aliphatic carbocycles. The van der Waals surface area contributed by atoms with Crippen LogP contribution in [0.15, 0.2) is 78.9 Å². The molecule has 0 radical (unpaired) electrons. The summed E-state index contributed by atoms with van der Waals surface area (Å²) in [4.78, 5) is 4.85. The van der Waals surface area contributed by atoms with E-state index in [1.54, 1.807) is 0 Å². The predicted octanol–water partition coefficient (Wildman–Crippen LogP) is 4.44. The van der Waals surface area contributed by atoms with Crippen LogP contribution in [0.1, 0.15) is 17.3 Å². The van der Waals surface area contributed by atoms with E-state index in [1.165, 1.54) is 10.8 Å². The minimum absolute atomic E-state index is 0.204. The molecule has 22 heavy (non-hydrogen) atoms. The average molecular weight is 284 g/mol. The Balaban J connectivity index is 1.91. The van der Waals surface area contributed by atoms with Gasteiger partial charge >= 0.3 is 0 Å². The maximum Gasteiger partial charge on any atom is 0.0784 e. The summed E-state index contributed by atoms with van der Waals surface area (Å²) in [5.74, 6) is 0. The van der Waals surface area contributed by atoms with Crippen LogP contribution in [-0.2, 0) is 0 Å². The van der Waals surface area contributed by atoms with Gasteiger partial charge in [0.2, 0.25) is 0 Å². The Kier molecular flexibility index (Phi) is 3.10. The summed E-state index contributed by atoms with van der Waals surface area (Å²) in [5.41, 5.74) is 9.38. The molecule has 2 heteroatoms. The minimum atomic E-state index is -0.204. The SMILES string of the molecule is NC(c1ccccc1)c1ccc2ccc3ccccc3c2n1. The zero-order valence-corrected chi connectivity index (χ0v) is 12.1. The zero-order chi connectivity index (χ0) is 14.9. The summed E-state index contributed by atoms with van der Waals surface area (Å²) in [5, 5.41) is 3.51. The van der Waals surface area contributed by atoms with Gasteiger partial charge in [-0.05, 0) is 17.0 Å². The van der Waals surface area contributed by atoms with Crippen LogP contribution in [0.5, 0.6) is 0 Å². The maximum atomic E-state index is 6.39. The van der Waals surface area contributed by atoms with Crippen LogP contribution in [0.4, 0.5) is 0 Å². The molecule has 2 N–H and O–H groups in total. The van der Waals surface area contributed by atoms with E-state index in [2.05, 4.69) is 30.3 Å². The summed E-state index contributed by atoms with van der Waals surface area (Å²) in [7, 11) is 0. The molecule has 1 unspecified atom stereocenters. The molecule has 106 valence electrons. The van der Waals surface area contributed by atoms with Crippen LogP contribution in [0.2, 0.25) is 0 Å². The fraction of sp³-hybridized carbons (Fsp3) is 0.0500. The Labute approximate surface area is 129 Å². The second-order valence-electron chi connectivity index (χ2n) is 5.48. The van der Waals surface area contributed by atoms with Gasteiger partial charge in [-0.2, -0.15) is 0 Å². The maximum absolute atomic E-state index is 6.39. The molecule has 1 atom stereocenters. The Morgan fingerprint density at radius 2 is 1.36 bits per heavy atom. The van der Waals surface area contributed by atoms with Crippen molar-refractivity contribution in [2.24, 2.45) is 5.73 Å². The van der Waals surface area contributed by atoms with Crippen LogP contribution in [-0.4, -0.2) is 4.98 Å². The number of hydrogen-bond acceptors (Lipinski definition) is 2. The molecular weight excluding hydrogens is 268 g/mol. The predicted molar refractivity (Wildman–Crippen MR) is 91.7 cm³/mol. The number of nitrogens with two attached hydrogens (primary N) is 1. The van der Waals surface area contributed by atoms with E-state index in [0.717, 1.165) is 22.2 Å². The number of rotatable bonds is 2. The third-order valence-electron chi connectivity index (χ3n) is 4.08. The fourth-order valence-electron chi connectivity index (χ4n) is 2.88. The number of pyridine rings is 1. The van der Waals surface area contributed by atoms with Gasteiger partial charge in [-0.15, -0.1) is 0 Å². The first-order valence-corrected chi connectivity index (χ1v) is 7.42. The van der Waals surface area contributed by atoms with Gasteiger partial charge in [0.05, 0.1) is 17.3 Å². The third-order valence-corrected chi connectivity index (χ3v) is 4.08. The molecule has 4 aromatic rings. The summed E-state index contributed by atoms with van der Waals surface area (Å²) < 4.78 is 0. The second kappa shape index (κ2) is 5.24. The van der Waals surface area contributed by atoms with E-state index < -0.39 is 0 Å². The molecule has 0 amide bonds. The van der Waals surface area contributed by atoms with Gasteiger partial charge in [0.1, 0.15) is 0 Å². The van der Waals surface area contributed by atoms with Crippen molar-refractivity contribution >= 4 is 21.7 Å². The smallest absolute Gasteiger partial charge is 0.0784 e. The summed E-state index contributed by atoms with van der Waals surface area (Å²) in [6.45, 7) is 0. The van der Waals surface area contributed by atoms with Crippen molar-refractivity contribution in [1.29, 1.82) is 0 Å². The number of fused-ring (bicyclic) bond motifs is 3. The Morgan fingerprint density at radius 1 is 0.682 bits per heavy atom. The molecule has 3 aromatic carbocycles. The van der Waals surface area contributed by atoms with Gasteiger partial charge in [-0.1, -0.05) is 72.8 Å². The summed E-state index contributed by atoms with van der Waals surface area (Å²) in [6.07, 6.45) is 0. The first-order valence-electron chi connectivity index (χ1n) is 7.42. The van der Waals surface area contributed by atoms with Crippen molar-refractivity contribution in [2.75, 3.05) is 0 Å². The number of nitrogens with zero attached hydrogens (tertiary/aromatic N) is 1. The molecule has 0 saturated heterocycles. The van der Waals surface area contributed by atoms with Crippen molar-refractivity contribution < 1.29 is 0 Å². The van der Waals surface area contributed by atoms with Gasteiger partial charge in [0.25, 0.3) is 0 Å². The average Bonchev–Trinajstić information content (AvgIpc) is 2.61. The van der Waals surface area contributed by atoms with Gasteiger partial charge in [-0.25, -0.2) is 0 Å². The number of aromatic nitrogens is 1. The van der Waals surface area contributed by atoms with E-state index in [0.29, 0.717) is 0 Å². The second-order valence-corrected chi connectivity index (χ2v) is 5.48. The van der Waals surface area contributed by atoms with Gasteiger partial charge in [0.15, 0.2) is 0 Å². The highest BCUT2D eigenvalue weighted by Crippen LogP contribution is 2.26. The molecule has 0 aliphatic rings. The normalized spacial score (nSPS) is 12.6.